The molecular weight excluding hydrogens is 284 g/mol. The van der Waals surface area contributed by atoms with Gasteiger partial charge in [0.25, 0.3) is 0 Å². The van der Waals surface area contributed by atoms with Gasteiger partial charge in [-0.15, -0.1) is 0 Å². The summed E-state index contributed by atoms with van der Waals surface area (Å²) in [6, 6.07) is 17.7. The minimum Gasteiger partial charge on any atom is -0.387 e. The maximum Gasteiger partial charge on any atom is 0.0888 e. The lowest BCUT2D eigenvalue weighted by Crippen LogP contribution is -2.39. The quantitative estimate of drug-likeness (QED) is 0.924. The van der Waals surface area contributed by atoms with E-state index in [1.54, 1.807) is 0 Å². The largest absolute Gasteiger partial charge is 0.387 e. The molecule has 1 aliphatic heterocycles. The van der Waals surface area contributed by atoms with Crippen molar-refractivity contribution >= 4 is 11.6 Å². The van der Waals surface area contributed by atoms with Crippen LogP contribution in [0.2, 0.25) is 5.02 Å². The van der Waals surface area contributed by atoms with E-state index in [1.807, 2.05) is 42.5 Å². The highest BCUT2D eigenvalue weighted by molar-refractivity contribution is 6.30. The first kappa shape index (κ1) is 14.6. The summed E-state index contributed by atoms with van der Waals surface area (Å²) in [7, 11) is 0. The topological polar surface area (TPSA) is 29.5 Å². The van der Waals surface area contributed by atoms with Gasteiger partial charge in [0, 0.05) is 23.7 Å². The predicted molar refractivity (Wildman–Crippen MR) is 84.6 cm³/mol. The first-order chi connectivity index (χ1) is 10.2. The Balaban J connectivity index is 2.01. The van der Waals surface area contributed by atoms with E-state index in [2.05, 4.69) is 12.1 Å². The van der Waals surface area contributed by atoms with Gasteiger partial charge < -0.3 is 9.84 Å². The number of aliphatic hydroxyl groups excluding tert-OH is 1. The fourth-order valence-electron chi connectivity index (χ4n) is 3.19. The fourth-order valence-corrected chi connectivity index (χ4v) is 3.32. The molecule has 1 N–H and O–H groups in total. The summed E-state index contributed by atoms with van der Waals surface area (Å²) in [5.74, 6) is 0. The van der Waals surface area contributed by atoms with Gasteiger partial charge in [0.15, 0.2) is 0 Å². The van der Waals surface area contributed by atoms with Crippen LogP contribution in [0.1, 0.15) is 30.1 Å². The number of hydrogen-bond acceptors (Lipinski definition) is 2. The lowest BCUT2D eigenvalue weighted by Gasteiger charge is -2.41. The second kappa shape index (κ2) is 6.18. The van der Waals surface area contributed by atoms with Gasteiger partial charge in [0.05, 0.1) is 6.10 Å². The Hall–Kier alpha value is -1.35. The normalized spacial score (nSPS) is 19.1. The van der Waals surface area contributed by atoms with E-state index in [0.717, 1.165) is 18.4 Å². The van der Waals surface area contributed by atoms with Crippen LogP contribution in [0.4, 0.5) is 0 Å². The van der Waals surface area contributed by atoms with Crippen molar-refractivity contribution < 1.29 is 9.84 Å². The zero-order valence-corrected chi connectivity index (χ0v) is 12.6. The molecular formula is C18H19ClO2. The number of hydrogen-bond donors (Lipinski definition) is 1. The first-order valence-corrected chi connectivity index (χ1v) is 7.67. The Kier molecular flexibility index (Phi) is 4.29. The van der Waals surface area contributed by atoms with E-state index >= 15 is 0 Å². The average molecular weight is 303 g/mol. The molecule has 2 aromatic carbocycles. The molecule has 0 amide bonds. The second-order valence-electron chi connectivity index (χ2n) is 5.59. The average Bonchev–Trinajstić information content (AvgIpc) is 2.56. The molecule has 1 atom stereocenters. The third kappa shape index (κ3) is 2.84. The van der Waals surface area contributed by atoms with Crippen molar-refractivity contribution in [2.75, 3.05) is 13.2 Å². The molecule has 0 bridgehead atoms. The minimum atomic E-state index is -0.555. The van der Waals surface area contributed by atoms with Crippen LogP contribution in [0, 0.1) is 0 Å². The van der Waals surface area contributed by atoms with Gasteiger partial charge in [0.1, 0.15) is 0 Å². The summed E-state index contributed by atoms with van der Waals surface area (Å²) in [6.07, 6.45) is 1.09. The van der Waals surface area contributed by atoms with Crippen LogP contribution in [-0.2, 0) is 10.2 Å². The van der Waals surface area contributed by atoms with E-state index < -0.39 is 6.10 Å². The molecule has 1 aliphatic rings. The molecule has 3 rings (SSSR count). The molecule has 0 saturated carbocycles. The van der Waals surface area contributed by atoms with Gasteiger partial charge in [-0.25, -0.2) is 0 Å². The van der Waals surface area contributed by atoms with Crippen molar-refractivity contribution in [3.8, 4) is 0 Å². The Labute approximate surface area is 130 Å². The van der Waals surface area contributed by atoms with Crippen molar-refractivity contribution in [3.63, 3.8) is 0 Å². The van der Waals surface area contributed by atoms with E-state index in [9.17, 15) is 5.11 Å². The van der Waals surface area contributed by atoms with Crippen LogP contribution >= 0.6 is 11.6 Å². The minimum absolute atomic E-state index is 0.284. The number of rotatable bonds is 3. The molecule has 1 saturated heterocycles. The third-order valence-electron chi connectivity index (χ3n) is 4.44. The molecule has 21 heavy (non-hydrogen) atoms. The van der Waals surface area contributed by atoms with Crippen molar-refractivity contribution in [1.82, 2.24) is 0 Å². The van der Waals surface area contributed by atoms with E-state index in [0.29, 0.717) is 18.2 Å². The van der Waals surface area contributed by atoms with Crippen LogP contribution in [0.15, 0.2) is 54.6 Å². The second-order valence-corrected chi connectivity index (χ2v) is 6.03. The van der Waals surface area contributed by atoms with E-state index in [4.69, 9.17) is 16.3 Å². The Morgan fingerprint density at radius 3 is 2.19 bits per heavy atom. The first-order valence-electron chi connectivity index (χ1n) is 7.29. The Bertz CT molecular complexity index is 574. The number of halogens is 1. The van der Waals surface area contributed by atoms with Crippen molar-refractivity contribution in [2.24, 2.45) is 0 Å². The highest BCUT2D eigenvalue weighted by Crippen LogP contribution is 2.45. The summed E-state index contributed by atoms with van der Waals surface area (Å²) in [6.45, 7) is 1.36. The highest BCUT2D eigenvalue weighted by Gasteiger charge is 2.41. The van der Waals surface area contributed by atoms with Crippen LogP contribution in [0.25, 0.3) is 0 Å². The standard InChI is InChI=1S/C18H19ClO2/c19-16-8-6-14(7-9-16)17(20)18(10-12-21-13-11-18)15-4-2-1-3-5-15/h1-9,17,20H,10-13H2. The molecule has 0 radical (unpaired) electrons. The predicted octanol–water partition coefficient (Wildman–Crippen LogP) is 4.12. The molecule has 3 heteroatoms. The zero-order valence-electron chi connectivity index (χ0n) is 11.8. The monoisotopic (exact) mass is 302 g/mol. The van der Waals surface area contributed by atoms with Crippen molar-refractivity contribution in [2.45, 2.75) is 24.4 Å². The van der Waals surface area contributed by atoms with Gasteiger partial charge in [-0.2, -0.15) is 0 Å². The summed E-state index contributed by atoms with van der Waals surface area (Å²) in [5.41, 5.74) is 1.80. The molecule has 0 spiro atoms. The number of benzene rings is 2. The maximum atomic E-state index is 11.0. The third-order valence-corrected chi connectivity index (χ3v) is 4.69. The molecule has 2 aromatic rings. The molecule has 0 aliphatic carbocycles. The molecule has 110 valence electrons. The summed E-state index contributed by atoms with van der Waals surface area (Å²) in [4.78, 5) is 0. The lowest BCUT2D eigenvalue weighted by atomic mass is 9.68. The number of aliphatic hydroxyl groups is 1. The van der Waals surface area contributed by atoms with Gasteiger partial charge in [-0.3, -0.25) is 0 Å². The molecule has 0 aromatic heterocycles. The summed E-state index contributed by atoms with van der Waals surface area (Å²) < 4.78 is 5.52. The van der Waals surface area contributed by atoms with Crippen molar-refractivity contribution in [1.29, 1.82) is 0 Å². The summed E-state index contributed by atoms with van der Waals surface area (Å²) in [5, 5.41) is 11.7. The maximum absolute atomic E-state index is 11.0. The van der Waals surface area contributed by atoms with Gasteiger partial charge in [0.2, 0.25) is 0 Å². The zero-order chi connectivity index (χ0) is 14.7. The molecule has 1 unspecified atom stereocenters. The van der Waals surface area contributed by atoms with E-state index in [-0.39, 0.29) is 5.41 Å². The van der Waals surface area contributed by atoms with Gasteiger partial charge in [-0.05, 0) is 36.1 Å². The molecule has 1 fully saturated rings. The lowest BCUT2D eigenvalue weighted by molar-refractivity contribution is -0.0170. The molecule has 2 nitrogen and oxygen atoms in total. The Morgan fingerprint density at radius 1 is 0.952 bits per heavy atom. The van der Waals surface area contributed by atoms with Crippen LogP contribution in [-0.4, -0.2) is 18.3 Å². The van der Waals surface area contributed by atoms with Gasteiger partial charge in [-0.1, -0.05) is 54.1 Å². The summed E-state index contributed by atoms with van der Waals surface area (Å²) >= 11 is 5.95. The van der Waals surface area contributed by atoms with Crippen LogP contribution in [0.3, 0.4) is 0 Å². The smallest absolute Gasteiger partial charge is 0.0888 e. The van der Waals surface area contributed by atoms with Crippen LogP contribution < -0.4 is 0 Å². The highest BCUT2D eigenvalue weighted by atomic mass is 35.5. The fraction of sp³-hybridized carbons (Fsp3) is 0.333. The SMILES string of the molecule is OC(c1ccc(Cl)cc1)C1(c2ccccc2)CCOCC1. The van der Waals surface area contributed by atoms with Crippen molar-refractivity contribution in [3.05, 3.63) is 70.7 Å². The Morgan fingerprint density at radius 2 is 1.57 bits per heavy atom. The van der Waals surface area contributed by atoms with Gasteiger partial charge >= 0.3 is 0 Å². The molecule has 1 heterocycles. The van der Waals surface area contributed by atoms with E-state index in [1.165, 1.54) is 5.56 Å². The van der Waals surface area contributed by atoms with Crippen LogP contribution in [0.5, 0.6) is 0 Å². The number of ether oxygens (including phenoxy) is 1.